The average molecular weight is 438 g/mol. The fraction of sp³-hybridized carbons (Fsp3) is 0.208. The van der Waals surface area contributed by atoms with Gasteiger partial charge in [0.05, 0.1) is 24.1 Å². The van der Waals surface area contributed by atoms with Crippen molar-refractivity contribution in [3.63, 3.8) is 0 Å². The summed E-state index contributed by atoms with van der Waals surface area (Å²) in [5, 5.41) is 13.0. The second-order valence-corrected chi connectivity index (χ2v) is 8.18. The number of aryl methyl sites for hydroxylation is 1. The summed E-state index contributed by atoms with van der Waals surface area (Å²) in [7, 11) is 0. The van der Waals surface area contributed by atoms with Gasteiger partial charge in [0.15, 0.2) is 5.69 Å². The van der Waals surface area contributed by atoms with Gasteiger partial charge in [0, 0.05) is 29.9 Å². The van der Waals surface area contributed by atoms with Crippen molar-refractivity contribution in [2.45, 2.75) is 26.3 Å². The van der Waals surface area contributed by atoms with Gasteiger partial charge in [-0.15, -0.1) is 10.2 Å². The predicted octanol–water partition coefficient (Wildman–Crippen LogP) is 3.73. The third-order valence-corrected chi connectivity index (χ3v) is 5.83. The molecule has 3 heterocycles. The van der Waals surface area contributed by atoms with Crippen LogP contribution in [0.2, 0.25) is 0 Å². The Morgan fingerprint density at radius 2 is 1.94 bits per heavy atom. The molecule has 0 saturated carbocycles. The van der Waals surface area contributed by atoms with E-state index in [-0.39, 0.29) is 12.5 Å². The summed E-state index contributed by atoms with van der Waals surface area (Å²) >= 11 is 0. The molecule has 0 radical (unpaired) electrons. The minimum atomic E-state index is -0.440. The molecule has 1 aliphatic rings. The first-order valence-corrected chi connectivity index (χ1v) is 10.6. The maximum absolute atomic E-state index is 11.3. The number of benzene rings is 2. The topological polar surface area (TPSA) is 99.2 Å². The fourth-order valence-corrected chi connectivity index (χ4v) is 4.27. The van der Waals surface area contributed by atoms with E-state index in [9.17, 15) is 4.79 Å². The number of hydrogen-bond donors (Lipinski definition) is 1. The number of hydrogen-bond acceptors (Lipinski definition) is 5. The fourth-order valence-electron chi connectivity index (χ4n) is 4.27. The summed E-state index contributed by atoms with van der Waals surface area (Å²) in [6.45, 7) is 12.1. The van der Waals surface area contributed by atoms with Crippen LogP contribution < -0.4 is 10.6 Å². The number of rotatable bonds is 4. The van der Waals surface area contributed by atoms with E-state index in [1.54, 1.807) is 6.20 Å². The highest BCUT2D eigenvalue weighted by Gasteiger charge is 2.28. The summed E-state index contributed by atoms with van der Waals surface area (Å²) in [5.74, 6) is 1.42. The predicted molar refractivity (Wildman–Crippen MR) is 125 cm³/mol. The highest BCUT2D eigenvalue weighted by atomic mass is 16.1. The van der Waals surface area contributed by atoms with Gasteiger partial charge in [0.1, 0.15) is 18.2 Å². The molecule has 0 unspecified atom stereocenters. The van der Waals surface area contributed by atoms with Crippen molar-refractivity contribution in [2.75, 3.05) is 11.4 Å². The van der Waals surface area contributed by atoms with Crippen LogP contribution in [0.4, 0.5) is 17.1 Å². The maximum atomic E-state index is 11.3. The molecule has 1 aliphatic heterocycles. The van der Waals surface area contributed by atoms with Crippen LogP contribution in [0.15, 0.2) is 54.9 Å². The molecule has 0 fully saturated rings. The molecule has 5 rings (SSSR count). The molecule has 9 heteroatoms. The number of fused-ring (bicyclic) bond motifs is 3. The summed E-state index contributed by atoms with van der Waals surface area (Å²) in [4.78, 5) is 17.0. The molecule has 0 saturated heterocycles. The van der Waals surface area contributed by atoms with Crippen molar-refractivity contribution in [1.29, 1.82) is 0 Å². The van der Waals surface area contributed by atoms with Gasteiger partial charge in [0.25, 0.3) is 0 Å². The minimum Gasteiger partial charge on any atom is -0.368 e. The number of carbonyl (C=O) groups excluding carboxylic acids is 1. The molecule has 1 amide bonds. The van der Waals surface area contributed by atoms with Crippen LogP contribution in [-0.2, 0) is 11.3 Å². The Hall–Kier alpha value is -4.45. The molecule has 9 nitrogen and oxygen atoms in total. The third-order valence-electron chi connectivity index (χ3n) is 5.83. The van der Waals surface area contributed by atoms with Gasteiger partial charge >= 0.3 is 0 Å². The largest absolute Gasteiger partial charge is 0.368 e. The van der Waals surface area contributed by atoms with Crippen molar-refractivity contribution in [3.8, 4) is 16.8 Å². The number of aromatic nitrogens is 5. The van der Waals surface area contributed by atoms with Gasteiger partial charge in [-0.2, -0.15) is 5.10 Å². The Labute approximate surface area is 190 Å². The summed E-state index contributed by atoms with van der Waals surface area (Å²) in [5.41, 5.74) is 10.7. The minimum absolute atomic E-state index is 0.0330. The van der Waals surface area contributed by atoms with Crippen LogP contribution in [0.25, 0.3) is 21.7 Å². The average Bonchev–Trinajstić information content (AvgIpc) is 3.40. The Bertz CT molecular complexity index is 1390. The van der Waals surface area contributed by atoms with E-state index in [4.69, 9.17) is 12.3 Å². The van der Waals surface area contributed by atoms with Gasteiger partial charge in [-0.25, -0.2) is 4.85 Å². The van der Waals surface area contributed by atoms with Crippen LogP contribution in [0.5, 0.6) is 0 Å². The van der Waals surface area contributed by atoms with Crippen LogP contribution in [0.3, 0.4) is 0 Å². The van der Waals surface area contributed by atoms with Crippen molar-refractivity contribution in [2.24, 2.45) is 5.73 Å². The van der Waals surface area contributed by atoms with Crippen LogP contribution in [0.1, 0.15) is 24.5 Å². The van der Waals surface area contributed by atoms with E-state index >= 15 is 0 Å². The Balaban J connectivity index is 1.67. The lowest BCUT2D eigenvalue weighted by Gasteiger charge is -2.27. The van der Waals surface area contributed by atoms with Crippen molar-refractivity contribution < 1.29 is 4.79 Å². The van der Waals surface area contributed by atoms with E-state index in [1.165, 1.54) is 4.68 Å². The molecule has 0 aliphatic carbocycles. The van der Waals surface area contributed by atoms with E-state index in [1.807, 2.05) is 43.5 Å². The summed E-state index contributed by atoms with van der Waals surface area (Å²) < 4.78 is 3.64. The number of nitrogens with two attached hydrogens (primary N) is 1. The first-order chi connectivity index (χ1) is 15.9. The quantitative estimate of drug-likeness (QED) is 0.490. The number of nitrogens with zero attached hydrogens (tertiary/aromatic N) is 7. The number of anilines is 2. The molecule has 2 aromatic heterocycles. The second-order valence-electron chi connectivity index (χ2n) is 8.18. The summed E-state index contributed by atoms with van der Waals surface area (Å²) in [6.07, 6.45) is 3.55. The van der Waals surface area contributed by atoms with Gasteiger partial charge < -0.3 is 10.6 Å². The van der Waals surface area contributed by atoms with E-state index in [2.05, 4.69) is 48.7 Å². The van der Waals surface area contributed by atoms with Crippen molar-refractivity contribution in [1.82, 2.24) is 24.5 Å². The molecule has 33 heavy (non-hydrogen) atoms. The first-order valence-electron chi connectivity index (χ1n) is 10.6. The number of primary amides is 1. The third kappa shape index (κ3) is 3.61. The van der Waals surface area contributed by atoms with Gasteiger partial charge in [-0.1, -0.05) is 25.1 Å². The zero-order chi connectivity index (χ0) is 23.1. The molecular weight excluding hydrogens is 416 g/mol. The number of carbonyl (C=O) groups is 1. The SMILES string of the molecule is [C-]#[N+]c1ccc(N2C[C@@H](C)c3nnc(C)n3-c3ccc(-c4cnn(CC(N)=O)c4)cc32)cc1. The molecule has 4 aromatic rings. The second kappa shape index (κ2) is 7.91. The molecule has 0 spiro atoms. The lowest BCUT2D eigenvalue weighted by Crippen LogP contribution is -2.21. The molecule has 164 valence electrons. The maximum Gasteiger partial charge on any atom is 0.239 e. The molecule has 2 N–H and O–H groups in total. The molecule has 2 aromatic carbocycles. The Kier molecular flexibility index (Phi) is 4.90. The van der Waals surface area contributed by atoms with Crippen molar-refractivity contribution >= 4 is 23.0 Å². The van der Waals surface area contributed by atoms with Gasteiger partial charge in [-0.05, 0) is 36.8 Å². The zero-order valence-electron chi connectivity index (χ0n) is 18.3. The van der Waals surface area contributed by atoms with Gasteiger partial charge in [-0.3, -0.25) is 14.0 Å². The normalized spacial score (nSPS) is 14.8. The van der Waals surface area contributed by atoms with Crippen LogP contribution >= 0.6 is 0 Å². The number of amides is 1. The zero-order valence-corrected chi connectivity index (χ0v) is 18.3. The monoisotopic (exact) mass is 438 g/mol. The van der Waals surface area contributed by atoms with Crippen LogP contribution in [-0.4, -0.2) is 37.0 Å². The van der Waals surface area contributed by atoms with Crippen LogP contribution in [0, 0.1) is 13.5 Å². The van der Waals surface area contributed by atoms with Crippen molar-refractivity contribution in [3.05, 3.63) is 77.9 Å². The highest BCUT2D eigenvalue weighted by Crippen LogP contribution is 2.40. The van der Waals surface area contributed by atoms with E-state index < -0.39 is 5.91 Å². The Morgan fingerprint density at radius 1 is 1.15 bits per heavy atom. The van der Waals surface area contributed by atoms with Gasteiger partial charge in [0.2, 0.25) is 5.91 Å². The molecule has 1 atom stereocenters. The standard InChI is InChI=1S/C24H22N8O/c1-15-12-31(20-7-5-19(26-3)6-8-20)22-10-17(18-11-27-30(13-18)14-23(25)33)4-9-21(22)32-16(2)28-29-24(15)32/h4-11,13,15H,12,14H2,1-2H3,(H2,25,33)/t15-/m1/s1. The van der Waals surface area contributed by atoms with E-state index in [0.717, 1.165) is 39.8 Å². The summed E-state index contributed by atoms with van der Waals surface area (Å²) in [6, 6.07) is 13.8. The smallest absolute Gasteiger partial charge is 0.239 e. The molecular formula is C24H22N8O. The van der Waals surface area contributed by atoms with E-state index in [0.29, 0.717) is 12.2 Å². The lowest BCUT2D eigenvalue weighted by atomic mass is 10.1. The highest BCUT2D eigenvalue weighted by molar-refractivity contribution is 5.80. The first kappa shape index (κ1) is 20.5. The molecule has 0 bridgehead atoms. The lowest BCUT2D eigenvalue weighted by molar-refractivity contribution is -0.118. The Morgan fingerprint density at radius 3 is 2.67 bits per heavy atom.